The van der Waals surface area contributed by atoms with Crippen molar-refractivity contribution in [1.82, 2.24) is 19.9 Å². The number of nitrogens with one attached hydrogen (secondary N) is 1. The maximum atomic E-state index is 9.44. The van der Waals surface area contributed by atoms with Crippen LogP contribution in [-0.4, -0.2) is 32.2 Å². The van der Waals surface area contributed by atoms with Gasteiger partial charge in [0.05, 0.1) is 23.3 Å². The molecule has 0 unspecified atom stereocenters. The summed E-state index contributed by atoms with van der Waals surface area (Å²) in [6.07, 6.45) is 1.76. The van der Waals surface area contributed by atoms with Gasteiger partial charge in [-0.25, -0.2) is 9.97 Å². The summed E-state index contributed by atoms with van der Waals surface area (Å²) < 4.78 is 5.07. The second kappa shape index (κ2) is 6.07. The average molecular weight is 353 g/mol. The highest BCUT2D eigenvalue weighted by molar-refractivity contribution is 6.33. The topological polar surface area (TPSA) is 83.9 Å². The minimum absolute atomic E-state index is 0.182. The van der Waals surface area contributed by atoms with Crippen molar-refractivity contribution >= 4 is 22.8 Å². The van der Waals surface area contributed by atoms with Crippen LogP contribution in [0.2, 0.25) is 5.02 Å². The van der Waals surface area contributed by atoms with Crippen molar-refractivity contribution in [2.75, 3.05) is 7.11 Å². The third-order valence-electron chi connectivity index (χ3n) is 3.85. The molecule has 0 fully saturated rings. The zero-order chi connectivity index (χ0) is 17.4. The summed E-state index contributed by atoms with van der Waals surface area (Å²) in [5.41, 5.74) is 4.49. The number of nitrogens with zero attached hydrogens (tertiary/aromatic N) is 3. The molecular formula is C18H13ClN4O2. The van der Waals surface area contributed by atoms with E-state index in [1.807, 2.05) is 36.4 Å². The molecule has 0 aliphatic carbocycles. The minimum atomic E-state index is -0.182. The number of pyridine rings is 2. The maximum Gasteiger partial charge on any atom is 0.293 e. The first-order chi connectivity index (χ1) is 12.1. The van der Waals surface area contributed by atoms with E-state index < -0.39 is 0 Å². The Morgan fingerprint density at radius 1 is 1.00 bits per heavy atom. The fourth-order valence-electron chi connectivity index (χ4n) is 2.60. The molecule has 0 aliphatic heterocycles. The van der Waals surface area contributed by atoms with Gasteiger partial charge >= 0.3 is 0 Å². The lowest BCUT2D eigenvalue weighted by molar-refractivity contribution is 0.398. The molecule has 7 heteroatoms. The monoisotopic (exact) mass is 352 g/mol. The Morgan fingerprint density at radius 2 is 1.72 bits per heavy atom. The molecule has 3 heterocycles. The molecule has 4 rings (SSSR count). The number of fused-ring (bicyclic) bond motifs is 1. The number of H-pyrrole nitrogens is 1. The van der Waals surface area contributed by atoms with Gasteiger partial charge in [-0.2, -0.15) is 4.98 Å². The fourth-order valence-corrected chi connectivity index (χ4v) is 2.86. The van der Waals surface area contributed by atoms with Crippen LogP contribution in [0.3, 0.4) is 0 Å². The lowest BCUT2D eigenvalue weighted by Crippen LogP contribution is -1.89. The van der Waals surface area contributed by atoms with Crippen molar-refractivity contribution in [1.29, 1.82) is 0 Å². The first kappa shape index (κ1) is 15.4. The summed E-state index contributed by atoms with van der Waals surface area (Å²) >= 11 is 6.32. The number of hydrogen-bond donors (Lipinski definition) is 2. The molecule has 25 heavy (non-hydrogen) atoms. The van der Waals surface area contributed by atoms with Gasteiger partial charge in [-0.15, -0.1) is 0 Å². The van der Waals surface area contributed by atoms with Gasteiger partial charge < -0.3 is 14.8 Å². The molecule has 0 spiro atoms. The van der Waals surface area contributed by atoms with Gasteiger partial charge in [0.25, 0.3) is 6.01 Å². The zero-order valence-electron chi connectivity index (χ0n) is 13.2. The Labute approximate surface area is 148 Å². The van der Waals surface area contributed by atoms with Crippen molar-refractivity contribution < 1.29 is 9.84 Å². The number of imidazole rings is 1. The minimum Gasteiger partial charge on any atom is -0.481 e. The van der Waals surface area contributed by atoms with E-state index in [0.29, 0.717) is 27.8 Å². The second-order valence-corrected chi connectivity index (χ2v) is 5.82. The van der Waals surface area contributed by atoms with Crippen LogP contribution >= 0.6 is 11.6 Å². The van der Waals surface area contributed by atoms with Crippen LogP contribution in [0, 0.1) is 0 Å². The molecule has 0 radical (unpaired) electrons. The van der Waals surface area contributed by atoms with Crippen molar-refractivity contribution in [3.63, 3.8) is 0 Å². The molecule has 0 atom stereocenters. The number of halogens is 1. The third kappa shape index (κ3) is 2.88. The molecule has 124 valence electrons. The summed E-state index contributed by atoms with van der Waals surface area (Å²) in [6, 6.07) is 13.1. The summed E-state index contributed by atoms with van der Waals surface area (Å²) in [7, 11) is 1.59. The second-order valence-electron chi connectivity index (χ2n) is 5.42. The summed E-state index contributed by atoms with van der Waals surface area (Å²) in [6.45, 7) is 0. The number of hydrogen-bond acceptors (Lipinski definition) is 5. The van der Waals surface area contributed by atoms with Crippen LogP contribution < -0.4 is 4.74 Å². The predicted molar refractivity (Wildman–Crippen MR) is 95.8 cm³/mol. The highest BCUT2D eigenvalue weighted by Gasteiger charge is 2.11. The van der Waals surface area contributed by atoms with E-state index in [2.05, 4.69) is 19.9 Å². The molecule has 4 aromatic rings. The predicted octanol–water partition coefficient (Wildman–Crippen LogP) is 4.05. The standard InChI is InChI=1S/C18H13ClN4O2/c1-25-15-7-6-12(9-20-15)10-2-4-11(5-3-10)16-13(19)8-14-17(22-16)23-18(24)21-14/h2-9H,1H3,(H2,21,22,23,24). The van der Waals surface area contributed by atoms with E-state index in [1.54, 1.807) is 19.4 Å². The molecule has 0 amide bonds. The van der Waals surface area contributed by atoms with Crippen LogP contribution in [-0.2, 0) is 0 Å². The fraction of sp³-hybridized carbons (Fsp3) is 0.0556. The number of ether oxygens (including phenoxy) is 1. The maximum absolute atomic E-state index is 9.44. The van der Waals surface area contributed by atoms with Crippen LogP contribution in [0.5, 0.6) is 11.9 Å². The highest BCUT2D eigenvalue weighted by Crippen LogP contribution is 2.31. The molecule has 2 N–H and O–H groups in total. The number of aromatic hydroxyl groups is 1. The molecule has 0 saturated heterocycles. The summed E-state index contributed by atoms with van der Waals surface area (Å²) in [4.78, 5) is 15.3. The first-order valence-corrected chi connectivity index (χ1v) is 7.88. The molecular weight excluding hydrogens is 340 g/mol. The normalized spacial score (nSPS) is 11.0. The first-order valence-electron chi connectivity index (χ1n) is 7.50. The van der Waals surface area contributed by atoms with E-state index in [1.165, 1.54) is 0 Å². The number of benzene rings is 1. The van der Waals surface area contributed by atoms with E-state index >= 15 is 0 Å². The van der Waals surface area contributed by atoms with Gasteiger partial charge in [-0.05, 0) is 17.7 Å². The Balaban J connectivity index is 1.70. The average Bonchev–Trinajstić information content (AvgIpc) is 3.00. The SMILES string of the molecule is COc1ccc(-c2ccc(-c3nc4nc(O)[nH]c4cc3Cl)cc2)cn1. The Bertz CT molecular complexity index is 1040. The van der Waals surface area contributed by atoms with Crippen molar-refractivity contribution in [3.8, 4) is 34.3 Å². The van der Waals surface area contributed by atoms with E-state index in [4.69, 9.17) is 16.3 Å². The number of methoxy groups -OCH3 is 1. The number of aromatic amines is 1. The third-order valence-corrected chi connectivity index (χ3v) is 4.14. The van der Waals surface area contributed by atoms with Gasteiger partial charge in [0.1, 0.15) is 0 Å². The quantitative estimate of drug-likeness (QED) is 0.581. The zero-order valence-corrected chi connectivity index (χ0v) is 13.9. The van der Waals surface area contributed by atoms with Crippen molar-refractivity contribution in [3.05, 3.63) is 53.7 Å². The largest absolute Gasteiger partial charge is 0.481 e. The van der Waals surface area contributed by atoms with E-state index in [9.17, 15) is 5.11 Å². The molecule has 1 aromatic carbocycles. The van der Waals surface area contributed by atoms with Crippen LogP contribution in [0.4, 0.5) is 0 Å². The molecule has 3 aromatic heterocycles. The molecule has 6 nitrogen and oxygen atoms in total. The molecule has 0 aliphatic rings. The van der Waals surface area contributed by atoms with Crippen molar-refractivity contribution in [2.45, 2.75) is 0 Å². The van der Waals surface area contributed by atoms with Gasteiger partial charge in [0.15, 0.2) is 5.65 Å². The van der Waals surface area contributed by atoms with Crippen LogP contribution in [0.15, 0.2) is 48.7 Å². The lowest BCUT2D eigenvalue weighted by atomic mass is 10.0. The Kier molecular flexibility index (Phi) is 3.74. The van der Waals surface area contributed by atoms with Crippen LogP contribution in [0.25, 0.3) is 33.5 Å². The molecule has 0 saturated carbocycles. The van der Waals surface area contributed by atoms with Gasteiger partial charge in [0.2, 0.25) is 5.88 Å². The van der Waals surface area contributed by atoms with Crippen LogP contribution in [0.1, 0.15) is 0 Å². The summed E-state index contributed by atoms with van der Waals surface area (Å²) in [5, 5.41) is 9.93. The van der Waals surface area contributed by atoms with Gasteiger partial charge in [-0.1, -0.05) is 35.9 Å². The smallest absolute Gasteiger partial charge is 0.293 e. The lowest BCUT2D eigenvalue weighted by Gasteiger charge is -2.06. The van der Waals surface area contributed by atoms with E-state index in [-0.39, 0.29) is 6.01 Å². The number of rotatable bonds is 3. The highest BCUT2D eigenvalue weighted by atomic mass is 35.5. The molecule has 0 bridgehead atoms. The van der Waals surface area contributed by atoms with Crippen molar-refractivity contribution in [2.24, 2.45) is 0 Å². The summed E-state index contributed by atoms with van der Waals surface area (Å²) in [5.74, 6) is 0.576. The van der Waals surface area contributed by atoms with E-state index in [0.717, 1.165) is 16.7 Å². The Hall–Kier alpha value is -3.12. The Morgan fingerprint density at radius 3 is 2.40 bits per heavy atom. The number of aromatic nitrogens is 4. The van der Waals surface area contributed by atoms with Gasteiger partial charge in [0, 0.05) is 23.4 Å². The van der Waals surface area contributed by atoms with Gasteiger partial charge in [-0.3, -0.25) is 0 Å².